The summed E-state index contributed by atoms with van der Waals surface area (Å²) in [5.41, 5.74) is 4.83. The minimum atomic E-state index is -1.83. The van der Waals surface area contributed by atoms with Crippen molar-refractivity contribution in [3.05, 3.63) is 34.9 Å². The van der Waals surface area contributed by atoms with Gasteiger partial charge in [-0.3, -0.25) is 0 Å². The van der Waals surface area contributed by atoms with Crippen LogP contribution in [0.15, 0.2) is 6.07 Å². The molecule has 1 rings (SSSR count). The van der Waals surface area contributed by atoms with E-state index in [1.165, 1.54) is 6.92 Å². The van der Waals surface area contributed by atoms with Gasteiger partial charge in [0.15, 0.2) is 23.3 Å². The van der Waals surface area contributed by atoms with E-state index in [2.05, 4.69) is 0 Å². The maximum absolute atomic E-state index is 12.8. The predicted octanol–water partition coefficient (Wildman–Crippen LogP) is 2.26. The summed E-state index contributed by atoms with van der Waals surface area (Å²) in [5, 5.41) is 0. The molecule has 0 aromatic heterocycles. The van der Waals surface area contributed by atoms with Crippen LogP contribution in [0, 0.1) is 23.3 Å². The van der Waals surface area contributed by atoms with Crippen LogP contribution in [0.4, 0.5) is 17.6 Å². The van der Waals surface area contributed by atoms with Gasteiger partial charge in [-0.05, 0) is 13.0 Å². The molecule has 0 aliphatic heterocycles. The van der Waals surface area contributed by atoms with Gasteiger partial charge < -0.3 is 5.73 Å². The summed E-state index contributed by atoms with van der Waals surface area (Å²) in [6.07, 6.45) is 0. The van der Waals surface area contributed by atoms with Crippen LogP contribution in [0.25, 0.3) is 0 Å². The highest BCUT2D eigenvalue weighted by Crippen LogP contribution is 2.22. The van der Waals surface area contributed by atoms with E-state index in [1.807, 2.05) is 0 Å². The molecule has 1 atom stereocenters. The Morgan fingerprint density at radius 1 is 1.08 bits per heavy atom. The fourth-order valence-corrected chi connectivity index (χ4v) is 0.922. The molecule has 0 spiro atoms. The molecule has 1 aromatic carbocycles. The van der Waals surface area contributed by atoms with Crippen molar-refractivity contribution in [2.45, 2.75) is 13.0 Å². The lowest BCUT2D eigenvalue weighted by atomic mass is 10.1. The first-order chi connectivity index (χ1) is 5.95. The molecule has 0 saturated heterocycles. The summed E-state index contributed by atoms with van der Waals surface area (Å²) >= 11 is 0. The van der Waals surface area contributed by atoms with Gasteiger partial charge in [0.25, 0.3) is 0 Å². The first-order valence-corrected chi connectivity index (χ1v) is 3.53. The van der Waals surface area contributed by atoms with Crippen LogP contribution in [0.3, 0.4) is 0 Å². The molecule has 2 N–H and O–H groups in total. The number of nitrogens with two attached hydrogens (primary N) is 1. The second-order valence-corrected chi connectivity index (χ2v) is 2.68. The fourth-order valence-electron chi connectivity index (χ4n) is 0.922. The molecule has 1 nitrogen and oxygen atoms in total. The van der Waals surface area contributed by atoms with Gasteiger partial charge in [0, 0.05) is 11.6 Å². The Hall–Kier alpha value is -1.10. The highest BCUT2D eigenvalue weighted by molar-refractivity contribution is 5.24. The molecule has 0 unspecified atom stereocenters. The molecule has 5 heteroatoms. The zero-order chi connectivity index (χ0) is 10.2. The van der Waals surface area contributed by atoms with Crippen molar-refractivity contribution in [2.24, 2.45) is 5.73 Å². The second kappa shape index (κ2) is 3.33. The molecule has 13 heavy (non-hydrogen) atoms. The van der Waals surface area contributed by atoms with Gasteiger partial charge in [-0.2, -0.15) is 0 Å². The van der Waals surface area contributed by atoms with Crippen molar-refractivity contribution in [2.75, 3.05) is 0 Å². The van der Waals surface area contributed by atoms with Crippen molar-refractivity contribution in [3.63, 3.8) is 0 Å². The predicted molar refractivity (Wildman–Crippen MR) is 38.9 cm³/mol. The summed E-state index contributed by atoms with van der Waals surface area (Å²) in [4.78, 5) is 0. The standard InChI is InChI=1S/C8H7F4N/c1-3(13)4-2-5(9)7(11)8(12)6(4)10/h2-3H,13H2,1H3/t3-/m0/s1. The third-order valence-electron chi connectivity index (χ3n) is 1.62. The molecule has 1 aromatic rings. The SMILES string of the molecule is C[C@H](N)c1cc(F)c(F)c(F)c1F. The Morgan fingerprint density at radius 3 is 2.08 bits per heavy atom. The monoisotopic (exact) mass is 193 g/mol. The zero-order valence-corrected chi connectivity index (χ0v) is 6.74. The van der Waals surface area contributed by atoms with E-state index >= 15 is 0 Å². The minimum Gasteiger partial charge on any atom is -0.324 e. The molecule has 0 saturated carbocycles. The Labute approximate surface area is 72.2 Å². The van der Waals surface area contributed by atoms with E-state index < -0.39 is 29.3 Å². The Bertz CT molecular complexity index is 335. The number of hydrogen-bond acceptors (Lipinski definition) is 1. The lowest BCUT2D eigenvalue weighted by Gasteiger charge is -2.08. The van der Waals surface area contributed by atoms with Crippen LogP contribution in [0.1, 0.15) is 18.5 Å². The summed E-state index contributed by atoms with van der Waals surface area (Å²) in [5.74, 6) is -6.52. The smallest absolute Gasteiger partial charge is 0.197 e. The van der Waals surface area contributed by atoms with Crippen molar-refractivity contribution < 1.29 is 17.6 Å². The zero-order valence-electron chi connectivity index (χ0n) is 6.74. The van der Waals surface area contributed by atoms with Crippen molar-refractivity contribution >= 4 is 0 Å². The first kappa shape index (κ1) is 9.98. The van der Waals surface area contributed by atoms with Crippen LogP contribution >= 0.6 is 0 Å². The van der Waals surface area contributed by atoms with Crippen LogP contribution < -0.4 is 5.73 Å². The normalized spacial score (nSPS) is 13.1. The molecule has 0 fully saturated rings. The Balaban J connectivity index is 3.41. The van der Waals surface area contributed by atoms with E-state index in [9.17, 15) is 17.6 Å². The van der Waals surface area contributed by atoms with Gasteiger partial charge >= 0.3 is 0 Å². The number of rotatable bonds is 1. The van der Waals surface area contributed by atoms with Crippen LogP contribution in [-0.4, -0.2) is 0 Å². The number of hydrogen-bond donors (Lipinski definition) is 1. The van der Waals surface area contributed by atoms with Crippen LogP contribution in [0.5, 0.6) is 0 Å². The van der Waals surface area contributed by atoms with E-state index in [0.29, 0.717) is 6.07 Å². The highest BCUT2D eigenvalue weighted by atomic mass is 19.2. The van der Waals surface area contributed by atoms with E-state index in [-0.39, 0.29) is 5.56 Å². The summed E-state index contributed by atoms with van der Waals surface area (Å²) in [6.45, 7) is 1.34. The van der Waals surface area contributed by atoms with Crippen LogP contribution in [-0.2, 0) is 0 Å². The average Bonchev–Trinajstić information content (AvgIpc) is 2.07. The van der Waals surface area contributed by atoms with E-state index in [1.54, 1.807) is 0 Å². The molecule has 0 bridgehead atoms. The maximum Gasteiger partial charge on any atom is 0.197 e. The third kappa shape index (κ3) is 1.65. The maximum atomic E-state index is 12.8. The van der Waals surface area contributed by atoms with Gasteiger partial charge in [0.05, 0.1) is 0 Å². The number of benzene rings is 1. The van der Waals surface area contributed by atoms with Gasteiger partial charge in [-0.1, -0.05) is 0 Å². The molecule has 0 radical (unpaired) electrons. The average molecular weight is 193 g/mol. The van der Waals surface area contributed by atoms with Crippen molar-refractivity contribution in [1.82, 2.24) is 0 Å². The number of halogens is 4. The molecule has 0 amide bonds. The molecular weight excluding hydrogens is 186 g/mol. The molecule has 0 aliphatic rings. The lowest BCUT2D eigenvalue weighted by molar-refractivity contribution is 0.401. The van der Waals surface area contributed by atoms with Gasteiger partial charge in [0.2, 0.25) is 0 Å². The van der Waals surface area contributed by atoms with Crippen molar-refractivity contribution in [3.8, 4) is 0 Å². The van der Waals surface area contributed by atoms with Gasteiger partial charge in [0.1, 0.15) is 0 Å². The van der Waals surface area contributed by atoms with Gasteiger partial charge in [-0.25, -0.2) is 17.6 Å². The quantitative estimate of drug-likeness (QED) is 0.413. The summed E-state index contributed by atoms with van der Waals surface area (Å²) in [7, 11) is 0. The molecular formula is C8H7F4N. The molecule has 0 heterocycles. The molecule has 72 valence electrons. The summed E-state index contributed by atoms with van der Waals surface area (Å²) < 4.78 is 50.3. The minimum absolute atomic E-state index is 0.378. The topological polar surface area (TPSA) is 26.0 Å². The summed E-state index contributed by atoms with van der Waals surface area (Å²) in [6, 6.07) is -0.331. The Morgan fingerprint density at radius 2 is 1.62 bits per heavy atom. The van der Waals surface area contributed by atoms with Crippen LogP contribution in [0.2, 0.25) is 0 Å². The van der Waals surface area contributed by atoms with Crippen molar-refractivity contribution in [1.29, 1.82) is 0 Å². The third-order valence-corrected chi connectivity index (χ3v) is 1.62. The molecule has 0 aliphatic carbocycles. The Kier molecular flexibility index (Phi) is 2.56. The fraction of sp³-hybridized carbons (Fsp3) is 0.250. The second-order valence-electron chi connectivity index (χ2n) is 2.68. The van der Waals surface area contributed by atoms with E-state index in [0.717, 1.165) is 0 Å². The largest absolute Gasteiger partial charge is 0.324 e. The van der Waals surface area contributed by atoms with Gasteiger partial charge in [-0.15, -0.1) is 0 Å². The highest BCUT2D eigenvalue weighted by Gasteiger charge is 2.20. The lowest BCUT2D eigenvalue weighted by Crippen LogP contribution is -2.11. The van der Waals surface area contributed by atoms with E-state index in [4.69, 9.17) is 5.73 Å². The first-order valence-electron chi connectivity index (χ1n) is 3.53.